The molecule has 0 fully saturated rings. The van der Waals surface area contributed by atoms with Crippen LogP contribution in [0.2, 0.25) is 0 Å². The lowest BCUT2D eigenvalue weighted by molar-refractivity contribution is 0.0949. The molecule has 15 heteroatoms. The van der Waals surface area contributed by atoms with Gasteiger partial charge in [0.15, 0.2) is 17.3 Å². The summed E-state index contributed by atoms with van der Waals surface area (Å²) in [5, 5.41) is 7.25. The Labute approximate surface area is 225 Å². The fourth-order valence-electron chi connectivity index (χ4n) is 3.76. The molecule has 0 bridgehead atoms. The van der Waals surface area contributed by atoms with Crippen molar-refractivity contribution < 1.29 is 27.4 Å². The van der Waals surface area contributed by atoms with Gasteiger partial charge in [0.1, 0.15) is 22.8 Å². The van der Waals surface area contributed by atoms with Crippen LogP contribution in [0, 0.1) is 6.92 Å². The molecule has 4 heterocycles. The Morgan fingerprint density at radius 2 is 1.69 bits per heavy atom. The number of hydrogen-bond donors (Lipinski definition) is 1. The molecular weight excluding hydrogens is 528 g/mol. The van der Waals surface area contributed by atoms with Crippen LogP contribution in [0.25, 0.3) is 17.2 Å². The minimum absolute atomic E-state index is 0.134. The van der Waals surface area contributed by atoms with Crippen molar-refractivity contribution in [2.75, 3.05) is 33.2 Å². The molecule has 0 spiro atoms. The smallest absolute Gasteiger partial charge is 0.243 e. The van der Waals surface area contributed by atoms with Gasteiger partial charge in [-0.1, -0.05) is 6.07 Å². The monoisotopic (exact) mass is 556 g/mol. The lowest BCUT2D eigenvalue weighted by atomic mass is 10.2. The molecule has 0 aromatic carbocycles. The molecule has 0 aliphatic carbocycles. The summed E-state index contributed by atoms with van der Waals surface area (Å²) in [6, 6.07) is 6.65. The van der Waals surface area contributed by atoms with Crippen molar-refractivity contribution in [3.8, 4) is 34.7 Å². The van der Waals surface area contributed by atoms with Crippen LogP contribution < -0.4 is 18.9 Å². The van der Waals surface area contributed by atoms with E-state index in [9.17, 15) is 8.42 Å². The normalized spacial score (nSPS) is 13.0. The van der Waals surface area contributed by atoms with E-state index in [2.05, 4.69) is 34.9 Å². The Hall–Kier alpha value is -4.37. The average Bonchev–Trinajstić information content (AvgIpc) is 3.35. The van der Waals surface area contributed by atoms with Gasteiger partial charge in [-0.05, 0) is 25.5 Å². The number of methoxy groups -OCH3 is 4. The van der Waals surface area contributed by atoms with E-state index in [-0.39, 0.29) is 29.2 Å². The number of aryl methyl sites for hydroxylation is 1. The maximum atomic E-state index is 13.6. The van der Waals surface area contributed by atoms with E-state index < -0.39 is 21.4 Å². The maximum Gasteiger partial charge on any atom is 0.243 e. The third-order valence-electron chi connectivity index (χ3n) is 5.77. The van der Waals surface area contributed by atoms with Crippen LogP contribution in [0.1, 0.15) is 24.4 Å². The third-order valence-corrected chi connectivity index (χ3v) is 7.47. The number of rotatable bonds is 11. The Bertz CT molecular complexity index is 1520. The lowest BCUT2D eigenvalue weighted by Crippen LogP contribution is -2.33. The summed E-state index contributed by atoms with van der Waals surface area (Å²) in [5.41, 5.74) is 1.42. The van der Waals surface area contributed by atoms with E-state index in [1.54, 1.807) is 36.7 Å². The Morgan fingerprint density at radius 3 is 2.33 bits per heavy atom. The fourth-order valence-corrected chi connectivity index (χ4v) is 4.89. The number of aromatic nitrogens is 7. The molecule has 0 aliphatic heterocycles. The molecular formula is C24H28N8O6S. The lowest BCUT2D eigenvalue weighted by Gasteiger charge is -2.22. The van der Waals surface area contributed by atoms with Crippen molar-refractivity contribution in [3.63, 3.8) is 0 Å². The quantitative estimate of drug-likeness (QED) is 0.287. The molecule has 14 nitrogen and oxygen atoms in total. The van der Waals surface area contributed by atoms with Crippen molar-refractivity contribution in [3.05, 3.63) is 54.2 Å². The number of sulfonamides is 1. The number of pyridine rings is 2. The molecule has 1 N–H and O–H groups in total. The Balaban J connectivity index is 1.85. The van der Waals surface area contributed by atoms with E-state index in [1.165, 1.54) is 46.1 Å². The highest BCUT2D eigenvalue weighted by Gasteiger charge is 2.35. The number of hydrogen-bond acceptors (Lipinski definition) is 12. The van der Waals surface area contributed by atoms with Crippen LogP contribution in [-0.2, 0) is 14.8 Å². The molecule has 0 saturated heterocycles. The second kappa shape index (κ2) is 11.6. The van der Waals surface area contributed by atoms with Crippen LogP contribution >= 0.6 is 0 Å². The fraction of sp³-hybridized carbons (Fsp3) is 0.333. The van der Waals surface area contributed by atoms with Crippen molar-refractivity contribution in [1.29, 1.82) is 0 Å². The number of anilines is 1. The van der Waals surface area contributed by atoms with E-state index >= 15 is 0 Å². The molecule has 206 valence electrons. The van der Waals surface area contributed by atoms with Crippen LogP contribution in [0.4, 0.5) is 5.95 Å². The maximum absolute atomic E-state index is 13.6. The van der Waals surface area contributed by atoms with Crippen molar-refractivity contribution in [1.82, 2.24) is 34.7 Å². The van der Waals surface area contributed by atoms with Crippen molar-refractivity contribution in [2.45, 2.75) is 25.2 Å². The number of nitrogens with one attached hydrogen (secondary N) is 1. The van der Waals surface area contributed by atoms with Gasteiger partial charge >= 0.3 is 0 Å². The summed E-state index contributed by atoms with van der Waals surface area (Å²) < 4.78 is 53.0. The third kappa shape index (κ3) is 5.58. The SMILES string of the molecule is COc1cccc(-c2nnc(NS(=O)(=O)C(C)C(OC)c3ncc(C)cn3)n2-c2c(OC)ccnc2OC)n1. The van der Waals surface area contributed by atoms with E-state index in [0.717, 1.165) is 5.56 Å². The van der Waals surface area contributed by atoms with Gasteiger partial charge in [-0.3, -0.25) is 9.29 Å². The first kappa shape index (κ1) is 27.7. The minimum Gasteiger partial charge on any atom is -0.494 e. The highest BCUT2D eigenvalue weighted by Crippen LogP contribution is 2.36. The van der Waals surface area contributed by atoms with Gasteiger partial charge in [-0.25, -0.2) is 28.4 Å². The van der Waals surface area contributed by atoms with Crippen LogP contribution in [0.3, 0.4) is 0 Å². The highest BCUT2D eigenvalue weighted by atomic mass is 32.2. The van der Waals surface area contributed by atoms with Gasteiger partial charge < -0.3 is 18.9 Å². The summed E-state index contributed by atoms with van der Waals surface area (Å²) in [7, 11) is 1.60. The predicted molar refractivity (Wildman–Crippen MR) is 141 cm³/mol. The van der Waals surface area contributed by atoms with Gasteiger partial charge in [0, 0.05) is 37.8 Å². The van der Waals surface area contributed by atoms with Gasteiger partial charge in [0.05, 0.1) is 21.3 Å². The summed E-state index contributed by atoms with van der Waals surface area (Å²) in [4.78, 5) is 17.2. The molecule has 0 saturated carbocycles. The number of ether oxygens (including phenoxy) is 4. The molecule has 0 amide bonds. The minimum atomic E-state index is -4.16. The molecule has 4 aromatic heterocycles. The van der Waals surface area contributed by atoms with Gasteiger partial charge in [-0.2, -0.15) is 0 Å². The van der Waals surface area contributed by atoms with Crippen LogP contribution in [-0.4, -0.2) is 76.8 Å². The number of nitrogens with zero attached hydrogens (tertiary/aromatic N) is 7. The standard InChI is InChI=1S/C24H28N8O6S/c1-14-12-26-21(27-13-14)20(37-5)15(2)39(33,34)31-24-30-29-22(16-8-7-9-18(28-16)36-4)32(24)19-17(35-3)10-11-25-23(19)38-6/h7-13,15,20H,1-6H3,(H,30,31). The van der Waals surface area contributed by atoms with Crippen molar-refractivity contribution >= 4 is 16.0 Å². The molecule has 0 radical (unpaired) electrons. The molecule has 0 aliphatic rings. The van der Waals surface area contributed by atoms with Crippen molar-refractivity contribution in [2.24, 2.45) is 0 Å². The van der Waals surface area contributed by atoms with E-state index in [1.807, 2.05) is 6.92 Å². The summed E-state index contributed by atoms with van der Waals surface area (Å²) >= 11 is 0. The summed E-state index contributed by atoms with van der Waals surface area (Å²) in [6.07, 6.45) is 3.70. The van der Waals surface area contributed by atoms with E-state index in [4.69, 9.17) is 18.9 Å². The first-order valence-electron chi connectivity index (χ1n) is 11.6. The van der Waals surface area contributed by atoms with Gasteiger partial charge in [-0.15, -0.1) is 10.2 Å². The van der Waals surface area contributed by atoms with E-state index in [0.29, 0.717) is 17.3 Å². The first-order valence-corrected chi connectivity index (χ1v) is 13.2. The molecule has 4 rings (SSSR count). The second-order valence-electron chi connectivity index (χ2n) is 8.25. The second-order valence-corrected chi connectivity index (χ2v) is 10.3. The van der Waals surface area contributed by atoms with Crippen LogP contribution in [0.5, 0.6) is 17.5 Å². The van der Waals surface area contributed by atoms with Gasteiger partial charge in [0.25, 0.3) is 0 Å². The van der Waals surface area contributed by atoms with Crippen LogP contribution in [0.15, 0.2) is 42.9 Å². The average molecular weight is 557 g/mol. The molecule has 4 aromatic rings. The zero-order valence-electron chi connectivity index (χ0n) is 22.2. The Morgan fingerprint density at radius 1 is 0.949 bits per heavy atom. The molecule has 39 heavy (non-hydrogen) atoms. The zero-order valence-corrected chi connectivity index (χ0v) is 23.0. The first-order chi connectivity index (χ1) is 18.7. The summed E-state index contributed by atoms with van der Waals surface area (Å²) in [5.74, 6) is 1.01. The topological polar surface area (TPSA) is 165 Å². The molecule has 2 atom stereocenters. The Kier molecular flexibility index (Phi) is 8.21. The molecule has 2 unspecified atom stereocenters. The highest BCUT2D eigenvalue weighted by molar-refractivity contribution is 7.93. The van der Waals surface area contributed by atoms with Gasteiger partial charge in [0.2, 0.25) is 27.7 Å². The zero-order chi connectivity index (χ0) is 28.2. The predicted octanol–water partition coefficient (Wildman–Crippen LogP) is 2.37. The largest absolute Gasteiger partial charge is 0.494 e. The summed E-state index contributed by atoms with van der Waals surface area (Å²) in [6.45, 7) is 3.31.